The lowest BCUT2D eigenvalue weighted by atomic mass is 10.2. The molecule has 1 heterocycles. The molecule has 0 unspecified atom stereocenters. The van der Waals surface area contributed by atoms with Gasteiger partial charge in [-0.3, -0.25) is 4.79 Å². The largest absolute Gasteiger partial charge is 0.482 e. The van der Waals surface area contributed by atoms with Gasteiger partial charge >= 0.3 is 5.97 Å². The van der Waals surface area contributed by atoms with E-state index in [4.69, 9.17) is 21.1 Å². The number of hydrogen-bond donors (Lipinski definition) is 1. The van der Waals surface area contributed by atoms with E-state index in [0.29, 0.717) is 34.5 Å². The number of carbonyl (C=O) groups is 2. The number of nitrogens with one attached hydrogen (secondary N) is 1. The van der Waals surface area contributed by atoms with Crippen LogP contribution in [0.3, 0.4) is 0 Å². The topological polar surface area (TPSA) is 108 Å². The van der Waals surface area contributed by atoms with E-state index in [1.807, 2.05) is 0 Å². The lowest BCUT2D eigenvalue weighted by molar-refractivity contribution is -0.145. The summed E-state index contributed by atoms with van der Waals surface area (Å²) in [6, 6.07) is 13.7. The number of rotatable bonds is 8. The van der Waals surface area contributed by atoms with Crippen molar-refractivity contribution < 1.29 is 19.1 Å². The minimum absolute atomic E-state index is 0.112. The molecular weight excluding hydrogens is 398 g/mol. The molecule has 1 aromatic heterocycles. The van der Waals surface area contributed by atoms with Crippen LogP contribution in [0.15, 0.2) is 48.5 Å². The summed E-state index contributed by atoms with van der Waals surface area (Å²) in [5.41, 5.74) is 1.20. The Morgan fingerprint density at radius 3 is 2.62 bits per heavy atom. The number of halogens is 1. The molecule has 2 aromatic carbocycles. The number of esters is 1. The van der Waals surface area contributed by atoms with Crippen LogP contribution in [-0.2, 0) is 20.9 Å². The van der Waals surface area contributed by atoms with Crippen LogP contribution in [0.4, 0.5) is 5.69 Å². The van der Waals surface area contributed by atoms with Crippen molar-refractivity contribution in [1.29, 1.82) is 0 Å². The number of benzene rings is 2. The Morgan fingerprint density at radius 1 is 1.14 bits per heavy atom. The predicted molar refractivity (Wildman–Crippen MR) is 105 cm³/mol. The first kappa shape index (κ1) is 20.3. The number of aromatic nitrogens is 4. The highest BCUT2D eigenvalue weighted by atomic mass is 35.5. The van der Waals surface area contributed by atoms with Crippen molar-refractivity contribution in [3.05, 3.63) is 53.6 Å². The van der Waals surface area contributed by atoms with Crippen LogP contribution >= 0.6 is 11.6 Å². The summed E-state index contributed by atoms with van der Waals surface area (Å²) >= 11 is 6.02. The Hall–Kier alpha value is -3.46. The van der Waals surface area contributed by atoms with Gasteiger partial charge in [0.2, 0.25) is 11.7 Å². The second kappa shape index (κ2) is 9.65. The lowest BCUT2D eigenvalue weighted by Gasteiger charge is -2.06. The third-order valence-corrected chi connectivity index (χ3v) is 3.99. The summed E-state index contributed by atoms with van der Waals surface area (Å²) in [4.78, 5) is 24.6. The normalized spacial score (nSPS) is 10.4. The SMILES string of the molecule is CCOC(=O)COc1ccc(-c2nnn(CC(=O)Nc3ccccc3Cl)n2)cc1. The van der Waals surface area contributed by atoms with E-state index in [-0.39, 0.29) is 19.1 Å². The van der Waals surface area contributed by atoms with Crippen molar-refractivity contribution in [2.75, 3.05) is 18.5 Å². The van der Waals surface area contributed by atoms with Gasteiger partial charge in [0.25, 0.3) is 0 Å². The van der Waals surface area contributed by atoms with Gasteiger partial charge in [0.1, 0.15) is 12.3 Å². The van der Waals surface area contributed by atoms with E-state index in [2.05, 4.69) is 20.7 Å². The van der Waals surface area contributed by atoms with Crippen molar-refractivity contribution in [2.24, 2.45) is 0 Å². The number of carbonyl (C=O) groups excluding carboxylic acids is 2. The van der Waals surface area contributed by atoms with Crippen molar-refractivity contribution in [3.63, 3.8) is 0 Å². The quantitative estimate of drug-likeness (QED) is 0.563. The third kappa shape index (κ3) is 5.76. The maximum Gasteiger partial charge on any atom is 0.344 e. The average Bonchev–Trinajstić information content (AvgIpc) is 3.17. The summed E-state index contributed by atoms with van der Waals surface area (Å²) in [5.74, 6) is 0.0989. The van der Waals surface area contributed by atoms with Gasteiger partial charge in [-0.25, -0.2) is 4.79 Å². The van der Waals surface area contributed by atoms with Gasteiger partial charge in [0.15, 0.2) is 6.61 Å². The van der Waals surface area contributed by atoms with Crippen molar-refractivity contribution in [3.8, 4) is 17.1 Å². The van der Waals surface area contributed by atoms with Crippen LogP contribution in [0, 0.1) is 0 Å². The van der Waals surface area contributed by atoms with Crippen molar-refractivity contribution in [2.45, 2.75) is 13.5 Å². The molecule has 0 saturated heterocycles. The fourth-order valence-electron chi connectivity index (χ4n) is 2.35. The van der Waals surface area contributed by atoms with E-state index in [9.17, 15) is 9.59 Å². The lowest BCUT2D eigenvalue weighted by Crippen LogP contribution is -2.20. The monoisotopic (exact) mass is 415 g/mol. The van der Waals surface area contributed by atoms with Gasteiger partial charge in [-0.05, 0) is 48.5 Å². The molecule has 0 spiro atoms. The number of tetrazole rings is 1. The van der Waals surface area contributed by atoms with Gasteiger partial charge in [-0.15, -0.1) is 10.2 Å². The molecular formula is C19H18ClN5O4. The molecule has 0 bridgehead atoms. The van der Waals surface area contributed by atoms with Gasteiger partial charge in [-0.2, -0.15) is 4.80 Å². The molecule has 10 heteroatoms. The standard InChI is InChI=1S/C19H18ClN5O4/c1-2-28-18(27)12-29-14-9-7-13(8-10-14)19-22-24-25(23-19)11-17(26)21-16-6-4-3-5-15(16)20/h3-10H,2,11-12H2,1H3,(H,21,26). The van der Waals surface area contributed by atoms with E-state index in [0.717, 1.165) is 0 Å². The molecule has 0 fully saturated rings. The van der Waals surface area contributed by atoms with Crippen molar-refractivity contribution in [1.82, 2.24) is 20.2 Å². The summed E-state index contributed by atoms with van der Waals surface area (Å²) < 4.78 is 10.1. The van der Waals surface area contributed by atoms with E-state index >= 15 is 0 Å². The van der Waals surface area contributed by atoms with Crippen LogP contribution < -0.4 is 10.1 Å². The summed E-state index contributed by atoms with van der Waals surface area (Å²) in [6.45, 7) is 1.76. The molecule has 29 heavy (non-hydrogen) atoms. The molecule has 0 radical (unpaired) electrons. The maximum atomic E-state index is 12.1. The number of hydrogen-bond acceptors (Lipinski definition) is 7. The van der Waals surface area contributed by atoms with Gasteiger partial charge < -0.3 is 14.8 Å². The second-order valence-electron chi connectivity index (χ2n) is 5.79. The van der Waals surface area contributed by atoms with E-state index in [1.165, 1.54) is 4.80 Å². The highest BCUT2D eigenvalue weighted by Crippen LogP contribution is 2.21. The fourth-order valence-corrected chi connectivity index (χ4v) is 2.53. The number of ether oxygens (including phenoxy) is 2. The van der Waals surface area contributed by atoms with Crippen LogP contribution in [-0.4, -0.2) is 45.3 Å². The zero-order valence-electron chi connectivity index (χ0n) is 15.5. The molecule has 150 valence electrons. The highest BCUT2D eigenvalue weighted by Gasteiger charge is 2.11. The van der Waals surface area contributed by atoms with Crippen molar-refractivity contribution >= 4 is 29.2 Å². The Kier molecular flexibility index (Phi) is 6.75. The third-order valence-electron chi connectivity index (χ3n) is 3.66. The first-order valence-corrected chi connectivity index (χ1v) is 9.14. The van der Waals surface area contributed by atoms with E-state index < -0.39 is 5.97 Å². The molecule has 3 aromatic rings. The van der Waals surface area contributed by atoms with Gasteiger partial charge in [0.05, 0.1) is 17.3 Å². The summed E-state index contributed by atoms with van der Waals surface area (Å²) in [5, 5.41) is 15.2. The average molecular weight is 416 g/mol. The Balaban J connectivity index is 1.57. The zero-order valence-corrected chi connectivity index (χ0v) is 16.3. The molecule has 0 aliphatic heterocycles. The smallest absolute Gasteiger partial charge is 0.344 e. The van der Waals surface area contributed by atoms with Gasteiger partial charge in [-0.1, -0.05) is 23.7 Å². The molecule has 0 aliphatic rings. The minimum Gasteiger partial charge on any atom is -0.482 e. The molecule has 1 amide bonds. The Morgan fingerprint density at radius 2 is 1.90 bits per heavy atom. The number of para-hydroxylation sites is 1. The zero-order chi connectivity index (χ0) is 20.6. The number of amides is 1. The molecule has 0 saturated carbocycles. The number of nitrogens with zero attached hydrogens (tertiary/aromatic N) is 4. The van der Waals surface area contributed by atoms with Crippen LogP contribution in [0.1, 0.15) is 6.92 Å². The second-order valence-corrected chi connectivity index (χ2v) is 6.20. The Labute approximate surface area is 171 Å². The summed E-state index contributed by atoms with van der Waals surface area (Å²) in [7, 11) is 0. The first-order chi connectivity index (χ1) is 14.0. The Bertz CT molecular complexity index is 990. The fraction of sp³-hybridized carbons (Fsp3) is 0.211. The summed E-state index contributed by atoms with van der Waals surface area (Å²) in [6.07, 6.45) is 0. The maximum absolute atomic E-state index is 12.1. The van der Waals surface area contributed by atoms with Crippen LogP contribution in [0.5, 0.6) is 5.75 Å². The molecule has 0 aliphatic carbocycles. The number of anilines is 1. The molecule has 1 N–H and O–H groups in total. The molecule has 3 rings (SSSR count). The van der Waals surface area contributed by atoms with Gasteiger partial charge in [0, 0.05) is 5.56 Å². The highest BCUT2D eigenvalue weighted by molar-refractivity contribution is 6.33. The molecule has 0 atom stereocenters. The molecule has 9 nitrogen and oxygen atoms in total. The first-order valence-electron chi connectivity index (χ1n) is 8.76. The van der Waals surface area contributed by atoms with E-state index in [1.54, 1.807) is 55.5 Å². The van der Waals surface area contributed by atoms with Crippen LogP contribution in [0.2, 0.25) is 5.02 Å². The van der Waals surface area contributed by atoms with Crippen LogP contribution in [0.25, 0.3) is 11.4 Å². The minimum atomic E-state index is -0.434. The predicted octanol–water partition coefficient (Wildman–Crippen LogP) is 2.57.